The van der Waals surface area contributed by atoms with E-state index >= 15 is 0 Å². The average Bonchev–Trinajstić information content (AvgIpc) is 2.45. The minimum atomic E-state index is -3.75. The number of aryl methyl sites for hydroxylation is 1. The molecule has 1 aromatic carbocycles. The molecule has 0 amide bonds. The molecule has 0 unspecified atom stereocenters. The fourth-order valence-electron chi connectivity index (χ4n) is 2.65. The maximum atomic E-state index is 12.6. The van der Waals surface area contributed by atoms with Crippen LogP contribution in [0.3, 0.4) is 0 Å². The molecule has 138 valence electrons. The molecule has 1 aliphatic rings. The summed E-state index contributed by atoms with van der Waals surface area (Å²) in [5.41, 5.74) is 0.445. The molecule has 1 heterocycles. The molecule has 2 N–H and O–H groups in total. The van der Waals surface area contributed by atoms with Crippen LogP contribution >= 0.6 is 12.4 Å². The molecule has 1 fully saturated rings. The molecule has 0 bridgehead atoms. The zero-order valence-corrected chi connectivity index (χ0v) is 16.6. The van der Waals surface area contributed by atoms with Gasteiger partial charge in [0.1, 0.15) is 0 Å². The summed E-state index contributed by atoms with van der Waals surface area (Å²) in [6.45, 7) is 5.82. The topological polar surface area (TPSA) is 92.3 Å². The normalized spacial score (nSPS) is 18.0. The molecule has 0 radical (unpaired) electrons. The predicted molar refractivity (Wildman–Crippen MR) is 96.9 cm³/mol. The van der Waals surface area contributed by atoms with Crippen molar-refractivity contribution in [3.63, 3.8) is 0 Å². The van der Waals surface area contributed by atoms with Gasteiger partial charge in [0, 0.05) is 12.8 Å². The van der Waals surface area contributed by atoms with Gasteiger partial charge in [-0.1, -0.05) is 13.0 Å². The van der Waals surface area contributed by atoms with E-state index < -0.39 is 19.9 Å². The maximum absolute atomic E-state index is 12.6. The highest BCUT2D eigenvalue weighted by Crippen LogP contribution is 2.28. The van der Waals surface area contributed by atoms with Crippen LogP contribution in [-0.2, 0) is 19.9 Å². The fraction of sp³-hybridized carbons (Fsp3) is 0.600. The van der Waals surface area contributed by atoms with Crippen molar-refractivity contribution in [3.05, 3.63) is 23.8 Å². The first-order valence-corrected chi connectivity index (χ1v) is 10.9. The van der Waals surface area contributed by atoms with Crippen LogP contribution in [0.15, 0.2) is 28.0 Å². The molecular weight excluding hydrogens is 372 g/mol. The van der Waals surface area contributed by atoms with Crippen LogP contribution in [0, 0.1) is 12.3 Å². The van der Waals surface area contributed by atoms with Gasteiger partial charge in [-0.3, -0.25) is 0 Å². The minimum absolute atomic E-state index is 0. The third-order valence-corrected chi connectivity index (χ3v) is 7.03. The highest BCUT2D eigenvalue weighted by Gasteiger charge is 2.29. The van der Waals surface area contributed by atoms with Crippen LogP contribution in [0.25, 0.3) is 0 Å². The van der Waals surface area contributed by atoms with E-state index in [1.165, 1.54) is 18.2 Å². The van der Waals surface area contributed by atoms with Crippen molar-refractivity contribution in [1.82, 2.24) is 10.0 Å². The third-order valence-electron chi connectivity index (χ3n) is 4.38. The smallest absolute Gasteiger partial charge is 0.240 e. The van der Waals surface area contributed by atoms with Crippen molar-refractivity contribution in [1.29, 1.82) is 0 Å². The van der Waals surface area contributed by atoms with Crippen LogP contribution in [0.4, 0.5) is 0 Å². The second-order valence-corrected chi connectivity index (χ2v) is 10.3. The first-order valence-electron chi connectivity index (χ1n) is 7.55. The third kappa shape index (κ3) is 5.16. The van der Waals surface area contributed by atoms with E-state index in [2.05, 4.69) is 17.0 Å². The lowest BCUT2D eigenvalue weighted by molar-refractivity contribution is 0.232. The van der Waals surface area contributed by atoms with Crippen LogP contribution in [0.1, 0.15) is 25.3 Å². The van der Waals surface area contributed by atoms with E-state index in [1.807, 2.05) is 0 Å². The van der Waals surface area contributed by atoms with Gasteiger partial charge in [0.15, 0.2) is 9.84 Å². The molecule has 6 nitrogen and oxygen atoms in total. The number of benzene rings is 1. The summed E-state index contributed by atoms with van der Waals surface area (Å²) in [5, 5.41) is 3.26. The van der Waals surface area contributed by atoms with Gasteiger partial charge in [-0.25, -0.2) is 21.6 Å². The van der Waals surface area contributed by atoms with Gasteiger partial charge < -0.3 is 5.32 Å². The Balaban J connectivity index is 0.00000288. The summed E-state index contributed by atoms with van der Waals surface area (Å²) in [5.74, 6) is 0. The second-order valence-electron chi connectivity index (χ2n) is 6.58. The number of sulfone groups is 1. The fourth-order valence-corrected chi connectivity index (χ4v) is 4.84. The van der Waals surface area contributed by atoms with Crippen LogP contribution in [-0.4, -0.2) is 42.7 Å². The lowest BCUT2D eigenvalue weighted by Crippen LogP contribution is -2.43. The van der Waals surface area contributed by atoms with Gasteiger partial charge in [0.05, 0.1) is 9.79 Å². The number of hydrogen-bond acceptors (Lipinski definition) is 5. The molecule has 0 saturated carbocycles. The van der Waals surface area contributed by atoms with Gasteiger partial charge in [-0.05, 0) is 56.0 Å². The lowest BCUT2D eigenvalue weighted by Gasteiger charge is -2.34. The summed E-state index contributed by atoms with van der Waals surface area (Å²) in [7, 11) is -7.20. The Kier molecular flexibility index (Phi) is 6.85. The van der Waals surface area contributed by atoms with Crippen molar-refractivity contribution in [2.45, 2.75) is 36.5 Å². The Hall–Kier alpha value is -0.670. The van der Waals surface area contributed by atoms with E-state index in [0.29, 0.717) is 12.1 Å². The van der Waals surface area contributed by atoms with Crippen molar-refractivity contribution in [3.8, 4) is 0 Å². The quantitative estimate of drug-likeness (QED) is 0.786. The predicted octanol–water partition coefficient (Wildman–Crippen LogP) is 1.49. The molecule has 0 atom stereocenters. The number of halogens is 1. The van der Waals surface area contributed by atoms with Crippen molar-refractivity contribution in [2.75, 3.05) is 25.9 Å². The summed E-state index contributed by atoms with van der Waals surface area (Å²) in [4.78, 5) is 0.0366. The molecule has 0 spiro atoms. The average molecular weight is 397 g/mol. The number of rotatable bonds is 5. The Morgan fingerprint density at radius 1 is 1.17 bits per heavy atom. The summed E-state index contributed by atoms with van der Waals surface area (Å²) >= 11 is 0. The van der Waals surface area contributed by atoms with E-state index in [0.717, 1.165) is 32.2 Å². The Morgan fingerprint density at radius 2 is 1.75 bits per heavy atom. The molecule has 0 aromatic heterocycles. The van der Waals surface area contributed by atoms with Gasteiger partial charge in [0.2, 0.25) is 10.0 Å². The van der Waals surface area contributed by atoms with Gasteiger partial charge in [-0.2, -0.15) is 0 Å². The molecule has 1 aliphatic heterocycles. The largest absolute Gasteiger partial charge is 0.317 e. The van der Waals surface area contributed by atoms with Crippen molar-refractivity contribution >= 4 is 32.3 Å². The summed E-state index contributed by atoms with van der Waals surface area (Å²) < 4.78 is 51.2. The highest BCUT2D eigenvalue weighted by molar-refractivity contribution is 7.91. The number of piperidine rings is 1. The molecular formula is C15H25ClN2O4S2. The Bertz CT molecular complexity index is 786. The summed E-state index contributed by atoms with van der Waals surface area (Å²) in [6.07, 6.45) is 2.87. The highest BCUT2D eigenvalue weighted by atomic mass is 35.5. The van der Waals surface area contributed by atoms with Crippen LogP contribution in [0.2, 0.25) is 0 Å². The van der Waals surface area contributed by atoms with Gasteiger partial charge in [-0.15, -0.1) is 12.4 Å². The molecule has 1 aromatic rings. The summed E-state index contributed by atoms with van der Waals surface area (Å²) in [6, 6.07) is 4.19. The van der Waals surface area contributed by atoms with Crippen LogP contribution < -0.4 is 10.0 Å². The van der Waals surface area contributed by atoms with Gasteiger partial charge >= 0.3 is 0 Å². The number of sulfonamides is 1. The first-order chi connectivity index (χ1) is 10.5. The van der Waals surface area contributed by atoms with Crippen molar-refractivity contribution in [2.24, 2.45) is 5.41 Å². The van der Waals surface area contributed by atoms with Gasteiger partial charge in [0.25, 0.3) is 0 Å². The van der Waals surface area contributed by atoms with E-state index in [9.17, 15) is 16.8 Å². The molecule has 1 saturated heterocycles. The SMILES string of the molecule is Cc1ccc(S(C)(=O)=O)cc1S(=O)(=O)NCC1(C)CCNCC1.Cl. The Morgan fingerprint density at radius 3 is 2.29 bits per heavy atom. The van der Waals surface area contributed by atoms with E-state index in [-0.39, 0.29) is 27.6 Å². The second kappa shape index (κ2) is 7.70. The van der Waals surface area contributed by atoms with E-state index in [4.69, 9.17) is 0 Å². The zero-order valence-electron chi connectivity index (χ0n) is 14.1. The monoisotopic (exact) mass is 396 g/mol. The minimum Gasteiger partial charge on any atom is -0.317 e. The Labute approximate surface area is 150 Å². The maximum Gasteiger partial charge on any atom is 0.240 e. The number of nitrogens with one attached hydrogen (secondary N) is 2. The standard InChI is InChI=1S/C15H24N2O4S2.ClH/c1-12-4-5-13(22(3,18)19)10-14(12)23(20,21)17-11-15(2)6-8-16-9-7-15;/h4-5,10,16-17H,6-9,11H2,1-3H3;1H. The molecule has 0 aliphatic carbocycles. The molecule has 9 heteroatoms. The van der Waals surface area contributed by atoms with E-state index in [1.54, 1.807) is 6.92 Å². The van der Waals surface area contributed by atoms with Crippen molar-refractivity contribution < 1.29 is 16.8 Å². The lowest BCUT2D eigenvalue weighted by atomic mass is 9.81. The molecule has 2 rings (SSSR count). The zero-order chi connectivity index (χ0) is 17.3. The number of hydrogen-bond donors (Lipinski definition) is 2. The molecule has 24 heavy (non-hydrogen) atoms. The van der Waals surface area contributed by atoms with Crippen LogP contribution in [0.5, 0.6) is 0 Å². The first kappa shape index (κ1) is 21.4.